The van der Waals surface area contributed by atoms with Crippen molar-refractivity contribution in [1.29, 1.82) is 0 Å². The van der Waals surface area contributed by atoms with Crippen LogP contribution in [0.2, 0.25) is 5.02 Å². The SMILES string of the molecule is CC1(O)OC(=O)C(c2c(F)cc([N+](=O)[O-])cc2F)=C1c1ccc(Cl)cc1. The van der Waals surface area contributed by atoms with Crippen LogP contribution in [0.4, 0.5) is 14.5 Å². The van der Waals surface area contributed by atoms with E-state index in [2.05, 4.69) is 0 Å². The molecule has 6 nitrogen and oxygen atoms in total. The molecule has 0 bridgehead atoms. The first-order valence-corrected chi connectivity index (χ1v) is 7.60. The maximum absolute atomic E-state index is 14.4. The highest BCUT2D eigenvalue weighted by Crippen LogP contribution is 2.44. The second kappa shape index (κ2) is 6.15. The first-order chi connectivity index (χ1) is 12.1. The number of nitro groups is 1. The maximum Gasteiger partial charge on any atom is 0.342 e. The number of rotatable bonds is 3. The summed E-state index contributed by atoms with van der Waals surface area (Å²) in [5, 5.41) is 21.5. The normalized spacial score (nSPS) is 19.7. The Balaban J connectivity index is 2.32. The van der Waals surface area contributed by atoms with E-state index in [4.69, 9.17) is 16.3 Å². The zero-order valence-corrected chi connectivity index (χ0v) is 13.9. The number of cyclic esters (lactones) is 1. The van der Waals surface area contributed by atoms with E-state index < -0.39 is 45.1 Å². The van der Waals surface area contributed by atoms with E-state index in [1.165, 1.54) is 24.3 Å². The standard InChI is InChI=1S/C17H10ClF2NO5/c1-17(23)15(8-2-4-9(18)5-3-8)14(16(22)26-17)13-11(19)6-10(21(24)25)7-12(13)20/h2-7,23H,1H3. The van der Waals surface area contributed by atoms with Crippen LogP contribution >= 0.6 is 11.6 Å². The highest BCUT2D eigenvalue weighted by Gasteiger charge is 2.45. The van der Waals surface area contributed by atoms with Gasteiger partial charge in [0.05, 0.1) is 28.2 Å². The van der Waals surface area contributed by atoms with E-state index in [0.29, 0.717) is 17.2 Å². The van der Waals surface area contributed by atoms with Gasteiger partial charge in [-0.15, -0.1) is 0 Å². The lowest BCUT2D eigenvalue weighted by Crippen LogP contribution is -2.26. The monoisotopic (exact) mass is 381 g/mol. The molecular weight excluding hydrogens is 372 g/mol. The summed E-state index contributed by atoms with van der Waals surface area (Å²) in [6.07, 6.45) is 0. The van der Waals surface area contributed by atoms with E-state index in [0.717, 1.165) is 6.92 Å². The molecule has 26 heavy (non-hydrogen) atoms. The molecule has 2 aromatic carbocycles. The number of ether oxygens (including phenoxy) is 1. The molecule has 2 aromatic rings. The molecule has 0 aliphatic carbocycles. The summed E-state index contributed by atoms with van der Waals surface area (Å²) in [6, 6.07) is 6.78. The Hall–Kier alpha value is -2.84. The quantitative estimate of drug-likeness (QED) is 0.497. The van der Waals surface area contributed by atoms with Gasteiger partial charge in [0.25, 0.3) is 5.69 Å². The Morgan fingerprint density at radius 3 is 2.23 bits per heavy atom. The van der Waals surface area contributed by atoms with Crippen LogP contribution in [0.25, 0.3) is 11.1 Å². The molecule has 1 aliphatic rings. The van der Waals surface area contributed by atoms with Crippen molar-refractivity contribution in [2.75, 3.05) is 0 Å². The third-order valence-electron chi connectivity index (χ3n) is 3.83. The molecule has 0 saturated carbocycles. The Bertz CT molecular complexity index is 947. The average molecular weight is 382 g/mol. The van der Waals surface area contributed by atoms with Crippen molar-refractivity contribution in [3.63, 3.8) is 0 Å². The van der Waals surface area contributed by atoms with Crippen molar-refractivity contribution in [3.8, 4) is 0 Å². The molecule has 0 saturated heterocycles. The lowest BCUT2D eigenvalue weighted by Gasteiger charge is -2.20. The molecule has 0 spiro atoms. The number of halogens is 3. The molecule has 0 amide bonds. The minimum absolute atomic E-state index is 0.175. The fourth-order valence-corrected chi connectivity index (χ4v) is 2.90. The van der Waals surface area contributed by atoms with Crippen LogP contribution in [0, 0.1) is 21.7 Å². The molecule has 9 heteroatoms. The summed E-state index contributed by atoms with van der Waals surface area (Å²) < 4.78 is 33.7. The third kappa shape index (κ3) is 2.93. The van der Waals surface area contributed by atoms with Gasteiger partial charge in [0.1, 0.15) is 11.6 Å². The number of carbonyl (C=O) groups excluding carboxylic acids is 1. The summed E-state index contributed by atoms with van der Waals surface area (Å²) >= 11 is 5.81. The van der Waals surface area contributed by atoms with Crippen molar-refractivity contribution in [3.05, 3.63) is 74.3 Å². The van der Waals surface area contributed by atoms with Crippen molar-refractivity contribution < 1.29 is 28.3 Å². The number of benzene rings is 2. The number of hydrogen-bond acceptors (Lipinski definition) is 5. The highest BCUT2D eigenvalue weighted by molar-refractivity contribution is 6.31. The van der Waals surface area contributed by atoms with Gasteiger partial charge in [-0.05, 0) is 17.7 Å². The number of non-ortho nitro benzene ring substituents is 1. The number of esters is 1. The minimum Gasteiger partial charge on any atom is -0.425 e. The molecule has 1 N–H and O–H groups in total. The summed E-state index contributed by atoms with van der Waals surface area (Å²) in [5.74, 6) is -5.96. The van der Waals surface area contributed by atoms with Gasteiger partial charge in [0.2, 0.25) is 5.79 Å². The van der Waals surface area contributed by atoms with Crippen molar-refractivity contribution in [2.45, 2.75) is 12.7 Å². The van der Waals surface area contributed by atoms with E-state index in [9.17, 15) is 28.8 Å². The Morgan fingerprint density at radius 1 is 1.19 bits per heavy atom. The van der Waals surface area contributed by atoms with E-state index in [1.54, 1.807) is 0 Å². The van der Waals surface area contributed by atoms with Gasteiger partial charge >= 0.3 is 5.97 Å². The number of nitrogens with zero attached hydrogens (tertiary/aromatic N) is 1. The number of nitro benzene ring substituents is 1. The molecule has 1 atom stereocenters. The van der Waals surface area contributed by atoms with Crippen molar-refractivity contribution in [1.82, 2.24) is 0 Å². The predicted molar refractivity (Wildman–Crippen MR) is 88.0 cm³/mol. The molecule has 0 aromatic heterocycles. The smallest absolute Gasteiger partial charge is 0.342 e. The topological polar surface area (TPSA) is 89.7 Å². The van der Waals surface area contributed by atoms with Crippen LogP contribution in [0.3, 0.4) is 0 Å². The molecular formula is C17H10ClF2NO5. The summed E-state index contributed by atoms with van der Waals surface area (Å²) in [5.41, 5.74) is -2.11. The molecule has 3 rings (SSSR count). The number of aliphatic hydroxyl groups is 1. The van der Waals surface area contributed by atoms with Crippen molar-refractivity contribution in [2.24, 2.45) is 0 Å². The van der Waals surface area contributed by atoms with Gasteiger partial charge in [-0.3, -0.25) is 10.1 Å². The second-order valence-electron chi connectivity index (χ2n) is 5.67. The molecule has 134 valence electrons. The highest BCUT2D eigenvalue weighted by atomic mass is 35.5. The Morgan fingerprint density at radius 2 is 1.73 bits per heavy atom. The van der Waals surface area contributed by atoms with E-state index in [1.807, 2.05) is 0 Å². The largest absolute Gasteiger partial charge is 0.425 e. The maximum atomic E-state index is 14.4. The van der Waals surface area contributed by atoms with Crippen LogP contribution < -0.4 is 0 Å². The third-order valence-corrected chi connectivity index (χ3v) is 4.08. The summed E-state index contributed by atoms with van der Waals surface area (Å²) in [6.45, 7) is 1.14. The van der Waals surface area contributed by atoms with Gasteiger partial charge in [0.15, 0.2) is 0 Å². The van der Waals surface area contributed by atoms with Gasteiger partial charge in [0, 0.05) is 17.5 Å². The van der Waals surface area contributed by atoms with Crippen LogP contribution in [0.1, 0.15) is 18.1 Å². The van der Waals surface area contributed by atoms with Crippen LogP contribution in [-0.4, -0.2) is 21.8 Å². The molecule has 1 aliphatic heterocycles. The zero-order chi connectivity index (χ0) is 19.2. The van der Waals surface area contributed by atoms with Crippen LogP contribution in [0.5, 0.6) is 0 Å². The zero-order valence-electron chi connectivity index (χ0n) is 13.1. The van der Waals surface area contributed by atoms with E-state index in [-0.39, 0.29) is 11.1 Å². The summed E-state index contributed by atoms with van der Waals surface area (Å²) in [4.78, 5) is 22.0. The average Bonchev–Trinajstić information content (AvgIpc) is 2.76. The minimum atomic E-state index is -2.15. The molecule has 0 radical (unpaired) electrons. The lowest BCUT2D eigenvalue weighted by molar-refractivity contribution is -0.385. The van der Waals surface area contributed by atoms with Crippen LogP contribution in [-0.2, 0) is 9.53 Å². The predicted octanol–water partition coefficient (Wildman–Crippen LogP) is 3.70. The second-order valence-corrected chi connectivity index (χ2v) is 6.11. The van der Waals surface area contributed by atoms with Gasteiger partial charge < -0.3 is 9.84 Å². The van der Waals surface area contributed by atoms with Crippen molar-refractivity contribution >= 4 is 34.4 Å². The molecule has 0 fully saturated rings. The lowest BCUT2D eigenvalue weighted by atomic mass is 9.91. The van der Waals surface area contributed by atoms with Gasteiger partial charge in [-0.1, -0.05) is 23.7 Å². The van der Waals surface area contributed by atoms with Gasteiger partial charge in [-0.2, -0.15) is 0 Å². The first-order valence-electron chi connectivity index (χ1n) is 7.22. The molecule has 1 unspecified atom stereocenters. The fourth-order valence-electron chi connectivity index (χ4n) is 2.78. The number of carbonyl (C=O) groups is 1. The van der Waals surface area contributed by atoms with E-state index >= 15 is 0 Å². The first kappa shape index (κ1) is 18.0. The molecule has 1 heterocycles. The Kier molecular flexibility index (Phi) is 4.25. The van der Waals surface area contributed by atoms with Crippen LogP contribution in [0.15, 0.2) is 36.4 Å². The number of hydrogen-bond donors (Lipinski definition) is 1. The van der Waals surface area contributed by atoms with Gasteiger partial charge in [-0.25, -0.2) is 13.6 Å². The summed E-state index contributed by atoms with van der Waals surface area (Å²) in [7, 11) is 0. The fraction of sp³-hybridized carbons (Fsp3) is 0.118. The Labute approximate surface area is 150 Å².